The number of carbonyl (C=O) groups excluding carboxylic acids is 1. The Balaban J connectivity index is 1.47. The second kappa shape index (κ2) is 7.06. The third kappa shape index (κ3) is 3.63. The highest BCUT2D eigenvalue weighted by Gasteiger charge is 2.10. The molecule has 1 aromatic heterocycles. The first kappa shape index (κ1) is 16.4. The van der Waals surface area contributed by atoms with Crippen LogP contribution in [0.2, 0.25) is 0 Å². The lowest BCUT2D eigenvalue weighted by Crippen LogP contribution is -2.11. The van der Waals surface area contributed by atoms with E-state index in [9.17, 15) is 9.18 Å². The van der Waals surface area contributed by atoms with Gasteiger partial charge in [-0.2, -0.15) is 0 Å². The first-order valence-electron chi connectivity index (χ1n) is 8.17. The van der Waals surface area contributed by atoms with Gasteiger partial charge in [0.05, 0.1) is 0 Å². The molecule has 0 aliphatic heterocycles. The number of thiazole rings is 1. The van der Waals surface area contributed by atoms with Crippen LogP contribution in [-0.2, 0) is 6.42 Å². The molecule has 0 unspecified atom stereocenters. The zero-order valence-electron chi connectivity index (χ0n) is 13.8. The highest BCUT2D eigenvalue weighted by molar-refractivity contribution is 7.15. The summed E-state index contributed by atoms with van der Waals surface area (Å²) in [5.74, 6) is -0.431. The van der Waals surface area contributed by atoms with Gasteiger partial charge in [0.2, 0.25) is 0 Å². The summed E-state index contributed by atoms with van der Waals surface area (Å²) < 4.78 is 13.0. The van der Waals surface area contributed by atoms with E-state index in [1.807, 2.05) is 42.5 Å². The monoisotopic (exact) mass is 362 g/mol. The minimum Gasteiger partial charge on any atom is -0.298 e. The second-order valence-electron chi connectivity index (χ2n) is 5.95. The fourth-order valence-corrected chi connectivity index (χ4v) is 3.59. The third-order valence-corrected chi connectivity index (χ3v) is 4.99. The molecule has 0 aliphatic rings. The summed E-state index contributed by atoms with van der Waals surface area (Å²) in [6.45, 7) is 0. The van der Waals surface area contributed by atoms with E-state index in [0.29, 0.717) is 17.1 Å². The van der Waals surface area contributed by atoms with E-state index in [4.69, 9.17) is 0 Å². The maximum atomic E-state index is 13.0. The fourth-order valence-electron chi connectivity index (χ4n) is 2.75. The number of hydrogen-bond donors (Lipinski definition) is 1. The van der Waals surface area contributed by atoms with Gasteiger partial charge in [0.1, 0.15) is 5.82 Å². The number of benzene rings is 3. The smallest absolute Gasteiger partial charge is 0.257 e. The standard InChI is InChI=1S/C21H15FN2OS/c22-18-9-5-14(6-10-18)11-19-13-23-21(26-19)24-20(25)17-8-7-15-3-1-2-4-16(15)12-17/h1-10,12-13H,11H2,(H,23,24,25). The number of nitrogens with zero attached hydrogens (tertiary/aromatic N) is 1. The molecule has 3 aromatic carbocycles. The van der Waals surface area contributed by atoms with Crippen molar-refractivity contribution in [3.05, 3.63) is 94.7 Å². The van der Waals surface area contributed by atoms with Crippen molar-refractivity contribution in [3.63, 3.8) is 0 Å². The average Bonchev–Trinajstić information content (AvgIpc) is 3.10. The van der Waals surface area contributed by atoms with E-state index >= 15 is 0 Å². The molecule has 0 spiro atoms. The largest absolute Gasteiger partial charge is 0.298 e. The fraction of sp³-hybridized carbons (Fsp3) is 0.0476. The molecule has 1 amide bonds. The van der Waals surface area contributed by atoms with Crippen LogP contribution in [-0.4, -0.2) is 10.9 Å². The summed E-state index contributed by atoms with van der Waals surface area (Å²) >= 11 is 1.42. The average molecular weight is 362 g/mol. The van der Waals surface area contributed by atoms with E-state index in [1.54, 1.807) is 18.3 Å². The SMILES string of the molecule is O=C(Nc1ncc(Cc2ccc(F)cc2)s1)c1ccc2ccccc2c1. The number of nitrogens with one attached hydrogen (secondary N) is 1. The van der Waals surface area contributed by atoms with Gasteiger partial charge in [-0.05, 0) is 40.6 Å². The molecule has 5 heteroatoms. The quantitative estimate of drug-likeness (QED) is 0.537. The van der Waals surface area contributed by atoms with Crippen molar-refractivity contribution in [2.75, 3.05) is 5.32 Å². The molecule has 1 heterocycles. The number of amides is 1. The minimum absolute atomic E-state index is 0.182. The second-order valence-corrected chi connectivity index (χ2v) is 7.07. The minimum atomic E-state index is -0.249. The summed E-state index contributed by atoms with van der Waals surface area (Å²) in [7, 11) is 0. The lowest BCUT2D eigenvalue weighted by Gasteiger charge is -2.03. The Hall–Kier alpha value is -3.05. The Labute approximate surface area is 154 Å². The van der Waals surface area contributed by atoms with Crippen LogP contribution in [0.15, 0.2) is 72.9 Å². The number of anilines is 1. The molecule has 26 heavy (non-hydrogen) atoms. The normalized spacial score (nSPS) is 10.8. The van der Waals surface area contributed by atoms with Gasteiger partial charge < -0.3 is 0 Å². The summed E-state index contributed by atoms with van der Waals surface area (Å²) in [5.41, 5.74) is 1.60. The van der Waals surface area contributed by atoms with E-state index in [2.05, 4.69) is 10.3 Å². The molecule has 1 N–H and O–H groups in total. The summed E-state index contributed by atoms with van der Waals surface area (Å²) in [6.07, 6.45) is 2.40. The van der Waals surface area contributed by atoms with Gasteiger partial charge in [-0.15, -0.1) is 11.3 Å². The van der Waals surface area contributed by atoms with Gasteiger partial charge in [0.15, 0.2) is 5.13 Å². The van der Waals surface area contributed by atoms with Gasteiger partial charge in [0, 0.05) is 23.1 Å². The molecule has 0 atom stereocenters. The lowest BCUT2D eigenvalue weighted by atomic mass is 10.1. The third-order valence-electron chi connectivity index (χ3n) is 4.08. The van der Waals surface area contributed by atoms with Gasteiger partial charge in [-0.25, -0.2) is 9.37 Å². The van der Waals surface area contributed by atoms with Gasteiger partial charge in [-0.1, -0.05) is 42.5 Å². The topological polar surface area (TPSA) is 42.0 Å². The molecule has 0 radical (unpaired) electrons. The van der Waals surface area contributed by atoms with Crippen LogP contribution in [0.1, 0.15) is 20.8 Å². The van der Waals surface area contributed by atoms with Crippen molar-refractivity contribution in [3.8, 4) is 0 Å². The van der Waals surface area contributed by atoms with E-state index in [1.165, 1.54) is 23.5 Å². The molecule has 0 aliphatic carbocycles. The summed E-state index contributed by atoms with van der Waals surface area (Å²) in [5, 5.41) is 5.52. The van der Waals surface area contributed by atoms with Crippen LogP contribution in [0.4, 0.5) is 9.52 Å². The lowest BCUT2D eigenvalue weighted by molar-refractivity contribution is 0.102. The number of aromatic nitrogens is 1. The van der Waals surface area contributed by atoms with Crippen LogP contribution in [0.25, 0.3) is 10.8 Å². The van der Waals surface area contributed by atoms with Crippen LogP contribution in [0, 0.1) is 5.82 Å². The predicted molar refractivity (Wildman–Crippen MR) is 103 cm³/mol. The van der Waals surface area contributed by atoms with Crippen LogP contribution in [0.5, 0.6) is 0 Å². The molecule has 128 valence electrons. The molecule has 0 saturated carbocycles. The molecule has 4 rings (SSSR count). The van der Waals surface area contributed by atoms with Crippen molar-refractivity contribution in [1.29, 1.82) is 0 Å². The number of carbonyl (C=O) groups is 1. The molecule has 4 aromatic rings. The Bertz CT molecular complexity index is 1070. The Morgan fingerprint density at radius 3 is 2.58 bits per heavy atom. The zero-order chi connectivity index (χ0) is 17.9. The Morgan fingerprint density at radius 2 is 1.77 bits per heavy atom. The van der Waals surface area contributed by atoms with Crippen molar-refractivity contribution in [2.24, 2.45) is 0 Å². The van der Waals surface area contributed by atoms with Crippen molar-refractivity contribution < 1.29 is 9.18 Å². The first-order valence-corrected chi connectivity index (χ1v) is 8.98. The summed E-state index contributed by atoms with van der Waals surface area (Å²) in [4.78, 5) is 17.8. The number of fused-ring (bicyclic) bond motifs is 1. The number of rotatable bonds is 4. The van der Waals surface area contributed by atoms with Crippen molar-refractivity contribution in [2.45, 2.75) is 6.42 Å². The van der Waals surface area contributed by atoms with Gasteiger partial charge in [0.25, 0.3) is 5.91 Å². The predicted octanol–water partition coefficient (Wildman–Crippen LogP) is 5.28. The molecule has 0 saturated heterocycles. The maximum Gasteiger partial charge on any atom is 0.257 e. The van der Waals surface area contributed by atoms with E-state index in [-0.39, 0.29) is 11.7 Å². The van der Waals surface area contributed by atoms with Crippen molar-refractivity contribution >= 4 is 33.1 Å². The molecular formula is C21H15FN2OS. The molecule has 0 fully saturated rings. The Kier molecular flexibility index (Phi) is 4.46. The van der Waals surface area contributed by atoms with Crippen LogP contribution >= 0.6 is 11.3 Å². The zero-order valence-corrected chi connectivity index (χ0v) is 14.6. The molecule has 3 nitrogen and oxygen atoms in total. The highest BCUT2D eigenvalue weighted by atomic mass is 32.1. The van der Waals surface area contributed by atoms with E-state index < -0.39 is 0 Å². The number of hydrogen-bond acceptors (Lipinski definition) is 3. The molecular weight excluding hydrogens is 347 g/mol. The van der Waals surface area contributed by atoms with Crippen LogP contribution < -0.4 is 5.32 Å². The van der Waals surface area contributed by atoms with Crippen LogP contribution in [0.3, 0.4) is 0 Å². The van der Waals surface area contributed by atoms with Gasteiger partial charge >= 0.3 is 0 Å². The first-order chi connectivity index (χ1) is 12.7. The number of halogens is 1. The Morgan fingerprint density at radius 1 is 1.00 bits per heavy atom. The maximum absolute atomic E-state index is 13.0. The van der Waals surface area contributed by atoms with E-state index in [0.717, 1.165) is 21.2 Å². The highest BCUT2D eigenvalue weighted by Crippen LogP contribution is 2.23. The molecule has 0 bridgehead atoms. The summed E-state index contributed by atoms with van der Waals surface area (Å²) in [6, 6.07) is 19.9. The van der Waals surface area contributed by atoms with Gasteiger partial charge in [-0.3, -0.25) is 10.1 Å². The van der Waals surface area contributed by atoms with Crippen molar-refractivity contribution in [1.82, 2.24) is 4.98 Å².